The molecule has 2 unspecified atom stereocenters. The molecule has 1 saturated carbocycles. The smallest absolute Gasteiger partial charge is 0.407 e. The molecule has 0 bridgehead atoms. The van der Waals surface area contributed by atoms with Gasteiger partial charge >= 0.3 is 6.09 Å². The summed E-state index contributed by atoms with van der Waals surface area (Å²) in [4.78, 5) is 13.6. The molecule has 0 aromatic heterocycles. The van der Waals surface area contributed by atoms with Gasteiger partial charge in [0.2, 0.25) is 0 Å². The first-order chi connectivity index (χ1) is 14.0. The zero-order chi connectivity index (χ0) is 20.3. The summed E-state index contributed by atoms with van der Waals surface area (Å²) in [5, 5.41) is 9.83. The molecule has 0 spiro atoms. The molecule has 1 N–H and O–H groups in total. The van der Waals surface area contributed by atoms with Crippen molar-refractivity contribution in [1.82, 2.24) is 4.90 Å². The van der Waals surface area contributed by atoms with Crippen molar-refractivity contribution in [3.63, 3.8) is 0 Å². The summed E-state index contributed by atoms with van der Waals surface area (Å²) in [5.74, 6) is 0.299. The second-order valence-electron chi connectivity index (χ2n) is 8.55. The number of carboxylic acid groups (broad SMARTS) is 1. The molecule has 2 atom stereocenters. The van der Waals surface area contributed by atoms with Gasteiger partial charge in [-0.15, -0.1) is 0 Å². The van der Waals surface area contributed by atoms with Gasteiger partial charge in [-0.3, -0.25) is 4.90 Å². The Morgan fingerprint density at radius 3 is 2.34 bits per heavy atom. The lowest BCUT2D eigenvalue weighted by molar-refractivity contribution is -0.148. The molecule has 2 aromatic rings. The third-order valence-corrected chi connectivity index (χ3v) is 6.18. The van der Waals surface area contributed by atoms with Crippen molar-refractivity contribution in [3.05, 3.63) is 71.8 Å². The summed E-state index contributed by atoms with van der Waals surface area (Å²) in [6.07, 6.45) is 1.83. The van der Waals surface area contributed by atoms with E-state index in [0.717, 1.165) is 18.4 Å². The second kappa shape index (κ2) is 8.56. The van der Waals surface area contributed by atoms with Gasteiger partial charge in [-0.05, 0) is 36.8 Å². The Morgan fingerprint density at radius 1 is 1.10 bits per heavy atom. The van der Waals surface area contributed by atoms with Crippen LogP contribution in [0, 0.1) is 5.92 Å². The molecule has 1 aliphatic heterocycles. The molecule has 5 nitrogen and oxygen atoms in total. The Hall–Kier alpha value is -2.37. The Labute approximate surface area is 172 Å². The first kappa shape index (κ1) is 19.9. The first-order valence-corrected chi connectivity index (χ1v) is 10.4. The van der Waals surface area contributed by atoms with Gasteiger partial charge in [0, 0.05) is 6.42 Å². The van der Waals surface area contributed by atoms with Crippen LogP contribution in [-0.4, -0.2) is 47.0 Å². The van der Waals surface area contributed by atoms with Crippen molar-refractivity contribution in [2.75, 3.05) is 13.2 Å². The Bertz CT molecular complexity index is 806. The third-order valence-electron chi connectivity index (χ3n) is 6.18. The molecule has 2 fully saturated rings. The lowest BCUT2D eigenvalue weighted by Gasteiger charge is -2.50. The van der Waals surface area contributed by atoms with E-state index in [9.17, 15) is 9.90 Å². The lowest BCUT2D eigenvalue weighted by atomic mass is 9.75. The van der Waals surface area contributed by atoms with Crippen LogP contribution in [0.4, 0.5) is 4.79 Å². The van der Waals surface area contributed by atoms with E-state index in [1.165, 1.54) is 5.56 Å². The normalized spacial score (nSPS) is 29.3. The lowest BCUT2D eigenvalue weighted by Crippen LogP contribution is -2.61. The average Bonchev–Trinajstić information content (AvgIpc) is 2.69. The number of benzene rings is 2. The molecule has 1 aliphatic carbocycles. The number of carbonyl (C=O) groups is 1. The number of rotatable bonds is 6. The molecule has 4 rings (SSSR count). The predicted octanol–water partition coefficient (Wildman–Crippen LogP) is 4.36. The van der Waals surface area contributed by atoms with Gasteiger partial charge in [0.05, 0.1) is 37.5 Å². The van der Waals surface area contributed by atoms with E-state index in [-0.39, 0.29) is 12.1 Å². The van der Waals surface area contributed by atoms with Gasteiger partial charge in [-0.2, -0.15) is 0 Å². The minimum absolute atomic E-state index is 0.0899. The van der Waals surface area contributed by atoms with Gasteiger partial charge in [0.15, 0.2) is 0 Å². The van der Waals surface area contributed by atoms with E-state index in [0.29, 0.717) is 32.1 Å². The monoisotopic (exact) mass is 395 g/mol. The van der Waals surface area contributed by atoms with Crippen molar-refractivity contribution in [2.45, 2.75) is 50.5 Å². The summed E-state index contributed by atoms with van der Waals surface area (Å²) >= 11 is 0. The highest BCUT2D eigenvalue weighted by Crippen LogP contribution is 2.39. The number of hydrogen-bond donors (Lipinski definition) is 1. The Balaban J connectivity index is 1.31. The van der Waals surface area contributed by atoms with E-state index in [1.54, 1.807) is 4.90 Å². The van der Waals surface area contributed by atoms with Crippen LogP contribution in [0.25, 0.3) is 0 Å². The van der Waals surface area contributed by atoms with Crippen molar-refractivity contribution in [3.8, 4) is 0 Å². The van der Waals surface area contributed by atoms with Crippen molar-refractivity contribution >= 4 is 6.09 Å². The quantitative estimate of drug-likeness (QED) is 0.789. The molecule has 154 valence electrons. The van der Waals surface area contributed by atoms with E-state index < -0.39 is 11.7 Å². The molecular weight excluding hydrogens is 366 g/mol. The van der Waals surface area contributed by atoms with E-state index in [4.69, 9.17) is 9.47 Å². The topological polar surface area (TPSA) is 59.0 Å². The minimum atomic E-state index is -0.855. The summed E-state index contributed by atoms with van der Waals surface area (Å²) < 4.78 is 12.2. The number of morpholine rings is 1. The summed E-state index contributed by atoms with van der Waals surface area (Å²) in [6, 6.07) is 20.2. The van der Waals surface area contributed by atoms with Gasteiger partial charge in [-0.1, -0.05) is 60.7 Å². The van der Waals surface area contributed by atoms with Gasteiger partial charge in [0.25, 0.3) is 0 Å². The Kier molecular flexibility index (Phi) is 5.88. The third kappa shape index (κ3) is 4.80. The zero-order valence-corrected chi connectivity index (χ0v) is 16.9. The van der Waals surface area contributed by atoms with Crippen LogP contribution < -0.4 is 0 Å². The van der Waals surface area contributed by atoms with Crippen LogP contribution in [0.15, 0.2) is 60.7 Å². The fraction of sp³-hybridized carbons (Fsp3) is 0.458. The van der Waals surface area contributed by atoms with Gasteiger partial charge in [-0.25, -0.2) is 4.79 Å². The standard InChI is InChI=1S/C24H29NO4/c1-24(14-18-8-4-2-5-9-18)17-25(23(26)27)22(16-29-24)20-12-21(13-20)28-15-19-10-6-3-7-11-19/h2-11,20-22H,12-17H2,1H3,(H,26,27). The molecule has 1 heterocycles. The average molecular weight is 395 g/mol. The molecule has 29 heavy (non-hydrogen) atoms. The van der Waals surface area contributed by atoms with E-state index in [1.807, 2.05) is 43.3 Å². The van der Waals surface area contributed by atoms with Crippen LogP contribution in [-0.2, 0) is 22.5 Å². The fourth-order valence-electron chi connectivity index (χ4n) is 4.48. The minimum Gasteiger partial charge on any atom is -0.465 e. The molecule has 1 amide bonds. The van der Waals surface area contributed by atoms with E-state index in [2.05, 4.69) is 24.3 Å². The van der Waals surface area contributed by atoms with E-state index >= 15 is 0 Å². The van der Waals surface area contributed by atoms with Crippen molar-refractivity contribution in [1.29, 1.82) is 0 Å². The van der Waals surface area contributed by atoms with Crippen LogP contribution >= 0.6 is 0 Å². The molecule has 2 aliphatic rings. The maximum atomic E-state index is 12.0. The van der Waals surface area contributed by atoms with Crippen LogP contribution in [0.3, 0.4) is 0 Å². The maximum absolute atomic E-state index is 12.0. The van der Waals surface area contributed by atoms with Crippen LogP contribution in [0.5, 0.6) is 0 Å². The predicted molar refractivity (Wildman–Crippen MR) is 111 cm³/mol. The molecule has 2 aromatic carbocycles. The Morgan fingerprint density at radius 2 is 1.72 bits per heavy atom. The van der Waals surface area contributed by atoms with Crippen molar-refractivity contribution < 1.29 is 19.4 Å². The van der Waals surface area contributed by atoms with Crippen molar-refractivity contribution in [2.24, 2.45) is 5.92 Å². The first-order valence-electron chi connectivity index (χ1n) is 10.4. The number of hydrogen-bond acceptors (Lipinski definition) is 3. The van der Waals surface area contributed by atoms with Crippen LogP contribution in [0.2, 0.25) is 0 Å². The summed E-state index contributed by atoms with van der Waals surface area (Å²) in [6.45, 7) is 3.47. The zero-order valence-electron chi connectivity index (χ0n) is 16.9. The maximum Gasteiger partial charge on any atom is 0.407 e. The fourth-order valence-corrected chi connectivity index (χ4v) is 4.48. The largest absolute Gasteiger partial charge is 0.465 e. The second-order valence-corrected chi connectivity index (χ2v) is 8.55. The number of nitrogens with zero attached hydrogens (tertiary/aromatic N) is 1. The molecule has 5 heteroatoms. The van der Waals surface area contributed by atoms with Gasteiger partial charge in [0.1, 0.15) is 0 Å². The summed E-state index contributed by atoms with van der Waals surface area (Å²) in [7, 11) is 0. The molecule has 0 radical (unpaired) electrons. The molecule has 1 saturated heterocycles. The van der Waals surface area contributed by atoms with Gasteiger partial charge < -0.3 is 14.6 Å². The highest BCUT2D eigenvalue weighted by Gasteiger charge is 2.46. The summed E-state index contributed by atoms with van der Waals surface area (Å²) in [5.41, 5.74) is 1.83. The highest BCUT2D eigenvalue weighted by atomic mass is 16.5. The highest BCUT2D eigenvalue weighted by molar-refractivity contribution is 5.66. The molecular formula is C24H29NO4. The number of ether oxygens (including phenoxy) is 2. The SMILES string of the molecule is CC1(Cc2ccccc2)CN(C(=O)O)C(C2CC(OCc3ccccc3)C2)CO1. The number of amides is 1. The van der Waals surface area contributed by atoms with Crippen LogP contribution in [0.1, 0.15) is 30.9 Å².